The molecule has 2 unspecified atom stereocenters. The highest BCUT2D eigenvalue weighted by Crippen LogP contribution is 2.41. The van der Waals surface area contributed by atoms with Crippen LogP contribution in [0.15, 0.2) is 42.5 Å². The number of aryl methyl sites for hydroxylation is 1. The molecule has 1 aliphatic carbocycles. The Bertz CT molecular complexity index is 1660. The molecule has 0 bridgehead atoms. The molecule has 3 aromatic rings. The first-order valence-electron chi connectivity index (χ1n) is 16.2. The van der Waals surface area contributed by atoms with Crippen LogP contribution in [0.2, 0.25) is 5.02 Å². The largest absolute Gasteiger partial charge is 0.418 e. The number of hydrogen-bond donors (Lipinski definition) is 3. The molecule has 0 spiro atoms. The minimum absolute atomic E-state index is 0.000425. The fourth-order valence-corrected chi connectivity index (χ4v) is 7.24. The quantitative estimate of drug-likeness (QED) is 0.149. The van der Waals surface area contributed by atoms with Crippen LogP contribution in [0.5, 0.6) is 0 Å². The molecule has 0 saturated heterocycles. The second-order valence-electron chi connectivity index (χ2n) is 13.1. The zero-order chi connectivity index (χ0) is 34.7. The number of thiocarbonyl (C=S) groups is 1. The van der Waals surface area contributed by atoms with Crippen molar-refractivity contribution in [1.82, 2.24) is 10.3 Å². The lowest BCUT2D eigenvalue weighted by Gasteiger charge is -2.39. The first kappa shape index (κ1) is 36.6. The predicted molar refractivity (Wildman–Crippen MR) is 183 cm³/mol. The molecule has 1 amide bonds. The van der Waals surface area contributed by atoms with Crippen molar-refractivity contribution in [1.29, 1.82) is 0 Å². The molecule has 47 heavy (non-hydrogen) atoms. The summed E-state index contributed by atoms with van der Waals surface area (Å²) in [5.74, 6) is -2.21. The summed E-state index contributed by atoms with van der Waals surface area (Å²) in [5.41, 5.74) is 5.68. The van der Waals surface area contributed by atoms with E-state index in [1.54, 1.807) is 30.3 Å². The smallest absolute Gasteiger partial charge is 0.393 e. The van der Waals surface area contributed by atoms with Gasteiger partial charge in [-0.2, -0.15) is 13.2 Å². The van der Waals surface area contributed by atoms with Gasteiger partial charge < -0.3 is 16.0 Å². The molecule has 0 fully saturated rings. The summed E-state index contributed by atoms with van der Waals surface area (Å²) < 4.78 is 41.8. The molecule has 0 saturated carbocycles. The molecule has 11 heteroatoms. The number of Topliss-reactive ketones (excluding diaryl/α,β-unsaturated/α-hetero) is 2. The summed E-state index contributed by atoms with van der Waals surface area (Å²) in [6.07, 6.45) is -2.82. The first-order valence-corrected chi connectivity index (χ1v) is 17.0. The van der Waals surface area contributed by atoms with Gasteiger partial charge in [-0.3, -0.25) is 14.4 Å². The fourth-order valence-electron chi connectivity index (χ4n) is 6.72. The van der Waals surface area contributed by atoms with E-state index in [1.807, 2.05) is 27.7 Å². The maximum Gasteiger partial charge on any atom is 0.418 e. The summed E-state index contributed by atoms with van der Waals surface area (Å²) in [7, 11) is 0. The van der Waals surface area contributed by atoms with Gasteiger partial charge in [0.15, 0.2) is 5.78 Å². The van der Waals surface area contributed by atoms with Crippen molar-refractivity contribution in [3.63, 3.8) is 0 Å². The Labute approximate surface area is 284 Å². The van der Waals surface area contributed by atoms with Gasteiger partial charge in [0.2, 0.25) is 5.91 Å². The van der Waals surface area contributed by atoms with Gasteiger partial charge in [0.25, 0.3) is 0 Å². The van der Waals surface area contributed by atoms with E-state index in [9.17, 15) is 27.6 Å². The van der Waals surface area contributed by atoms with Crippen molar-refractivity contribution in [2.75, 3.05) is 0 Å². The standard InChI is InChI=1S/C36H43ClF3N3O3S/c1-5-20(3)25(33(41)47)18-31(45)35(15-14-30-27(19-35)24-11-9-12-28(32(24)42-30)36(38,39)40)43-34(46)26(21(4)6-2)17-23(44)16-22-10-7-8-13-29(22)37/h7-13,20-21,25-26,42H,5-6,14-19H2,1-4H3,(H2,41,47)(H,43,46)/t20?,21?,25-,26-,35+/m0/s1. The number of halogens is 4. The summed E-state index contributed by atoms with van der Waals surface area (Å²) in [6.45, 7) is 7.76. The van der Waals surface area contributed by atoms with E-state index in [4.69, 9.17) is 29.6 Å². The predicted octanol–water partition coefficient (Wildman–Crippen LogP) is 7.96. The number of aromatic amines is 1. The van der Waals surface area contributed by atoms with Gasteiger partial charge in [0, 0.05) is 53.6 Å². The molecular weight excluding hydrogens is 647 g/mol. The van der Waals surface area contributed by atoms with Crippen LogP contribution >= 0.6 is 23.8 Å². The Morgan fingerprint density at radius 2 is 1.68 bits per heavy atom. The Balaban J connectivity index is 1.72. The number of alkyl halides is 3. The zero-order valence-corrected chi connectivity index (χ0v) is 28.8. The Morgan fingerprint density at radius 3 is 2.30 bits per heavy atom. The third-order valence-corrected chi connectivity index (χ3v) is 10.7. The minimum Gasteiger partial charge on any atom is -0.393 e. The minimum atomic E-state index is -4.57. The first-order chi connectivity index (χ1) is 22.1. The third-order valence-electron chi connectivity index (χ3n) is 10.1. The lowest BCUT2D eigenvalue weighted by Crippen LogP contribution is -2.60. The molecule has 1 aliphatic rings. The number of carbonyl (C=O) groups is 3. The molecule has 6 nitrogen and oxygen atoms in total. The van der Waals surface area contributed by atoms with Crippen molar-refractivity contribution in [2.24, 2.45) is 29.4 Å². The van der Waals surface area contributed by atoms with Gasteiger partial charge in [-0.25, -0.2) is 0 Å². The number of amides is 1. The van der Waals surface area contributed by atoms with Gasteiger partial charge in [-0.15, -0.1) is 0 Å². The number of ketones is 2. The maximum atomic E-state index is 14.4. The van der Waals surface area contributed by atoms with Gasteiger partial charge in [-0.05, 0) is 47.9 Å². The molecule has 254 valence electrons. The topological polar surface area (TPSA) is 105 Å². The number of aromatic nitrogens is 1. The molecule has 1 aromatic heterocycles. The van der Waals surface area contributed by atoms with Crippen molar-refractivity contribution in [3.05, 3.63) is 69.9 Å². The molecule has 1 heterocycles. The molecule has 0 aliphatic heterocycles. The number of rotatable bonds is 14. The van der Waals surface area contributed by atoms with Gasteiger partial charge in [0.1, 0.15) is 11.3 Å². The van der Waals surface area contributed by atoms with Gasteiger partial charge in [0.05, 0.1) is 16.1 Å². The number of benzene rings is 2. The normalized spacial score (nSPS) is 19.0. The van der Waals surface area contributed by atoms with Crippen LogP contribution < -0.4 is 11.1 Å². The average Bonchev–Trinajstić information content (AvgIpc) is 3.39. The molecule has 0 radical (unpaired) electrons. The average molecular weight is 690 g/mol. The van der Waals surface area contributed by atoms with E-state index in [0.717, 1.165) is 12.5 Å². The van der Waals surface area contributed by atoms with Gasteiger partial charge >= 0.3 is 6.18 Å². The van der Waals surface area contributed by atoms with Crippen LogP contribution in [0.4, 0.5) is 13.2 Å². The fraction of sp³-hybridized carbons (Fsp3) is 0.500. The van der Waals surface area contributed by atoms with E-state index in [0.29, 0.717) is 33.7 Å². The van der Waals surface area contributed by atoms with Crippen LogP contribution in [-0.4, -0.2) is 33.0 Å². The number of carbonyl (C=O) groups excluding carboxylic acids is 3. The molecule has 2 aromatic carbocycles. The second kappa shape index (κ2) is 14.9. The molecule has 5 atom stereocenters. The van der Waals surface area contributed by atoms with Crippen LogP contribution in [0.3, 0.4) is 0 Å². The molecular formula is C36H43ClF3N3O3S. The van der Waals surface area contributed by atoms with Crippen LogP contribution in [0, 0.1) is 23.7 Å². The molecule has 4 N–H and O–H groups in total. The van der Waals surface area contributed by atoms with E-state index in [2.05, 4.69) is 10.3 Å². The second-order valence-corrected chi connectivity index (χ2v) is 14.0. The highest BCUT2D eigenvalue weighted by Gasteiger charge is 2.46. The van der Waals surface area contributed by atoms with E-state index in [1.165, 1.54) is 6.07 Å². The summed E-state index contributed by atoms with van der Waals surface area (Å²) in [4.78, 5) is 45.2. The summed E-state index contributed by atoms with van der Waals surface area (Å²) in [5, 5.41) is 3.91. The number of H-pyrrole nitrogens is 1. The van der Waals surface area contributed by atoms with E-state index < -0.39 is 35.0 Å². The Morgan fingerprint density at radius 1 is 1.02 bits per heavy atom. The summed E-state index contributed by atoms with van der Waals surface area (Å²) >= 11 is 11.6. The van der Waals surface area contributed by atoms with E-state index >= 15 is 0 Å². The van der Waals surface area contributed by atoms with Crippen LogP contribution in [0.25, 0.3) is 10.9 Å². The lowest BCUT2D eigenvalue weighted by molar-refractivity contribution is -0.137. The Kier molecular flexibility index (Phi) is 11.6. The number of para-hydroxylation sites is 1. The van der Waals surface area contributed by atoms with Gasteiger partial charge in [-0.1, -0.05) is 94.7 Å². The Hall–Kier alpha value is -3.24. The number of nitrogens with two attached hydrogens (primary N) is 1. The molecule has 4 rings (SSSR count). The van der Waals surface area contributed by atoms with Crippen molar-refractivity contribution in [2.45, 2.75) is 90.8 Å². The van der Waals surface area contributed by atoms with E-state index in [-0.39, 0.29) is 72.4 Å². The van der Waals surface area contributed by atoms with Crippen LogP contribution in [0.1, 0.15) is 82.2 Å². The van der Waals surface area contributed by atoms with Crippen LogP contribution in [-0.2, 0) is 39.8 Å². The van der Waals surface area contributed by atoms with Crippen molar-refractivity contribution >= 4 is 57.2 Å². The third kappa shape index (κ3) is 8.08. The van der Waals surface area contributed by atoms with Crippen molar-refractivity contribution < 1.29 is 27.6 Å². The zero-order valence-electron chi connectivity index (χ0n) is 27.2. The SMILES string of the molecule is CCC(C)[C@H](CC(=O)Cc1ccccc1Cl)C(=O)N[C@]1(C(=O)C[C@H](C(N)=S)C(C)CC)CCc2[nH]c3c(C(F)(F)F)cccc3c2C1. The number of hydrogen-bond acceptors (Lipinski definition) is 4. The number of nitrogens with one attached hydrogen (secondary N) is 2. The lowest BCUT2D eigenvalue weighted by atomic mass is 9.72. The van der Waals surface area contributed by atoms with Crippen molar-refractivity contribution in [3.8, 4) is 0 Å². The maximum absolute atomic E-state index is 14.4. The highest BCUT2D eigenvalue weighted by molar-refractivity contribution is 7.80. The monoisotopic (exact) mass is 689 g/mol. The summed E-state index contributed by atoms with van der Waals surface area (Å²) in [6, 6.07) is 11.0. The number of fused-ring (bicyclic) bond motifs is 3. The highest BCUT2D eigenvalue weighted by atomic mass is 35.5.